The second-order valence-electron chi connectivity index (χ2n) is 3.95. The quantitative estimate of drug-likeness (QED) is 0.634. The molecule has 0 spiro atoms. The molecule has 1 aromatic heterocycles. The number of hydrogen-bond donors (Lipinski definition) is 0. The van der Waals surface area contributed by atoms with Gasteiger partial charge in [-0.15, -0.1) is 0 Å². The van der Waals surface area contributed by atoms with E-state index in [0.717, 1.165) is 0 Å². The van der Waals surface area contributed by atoms with Crippen molar-refractivity contribution in [1.82, 2.24) is 9.78 Å². The van der Waals surface area contributed by atoms with Crippen molar-refractivity contribution >= 4 is 21.6 Å². The van der Waals surface area contributed by atoms with Crippen molar-refractivity contribution in [2.45, 2.75) is 6.92 Å². The Balaban J connectivity index is 2.57. The predicted octanol–water partition coefficient (Wildman–Crippen LogP) is 3.06. The van der Waals surface area contributed by atoms with Gasteiger partial charge in [0.05, 0.1) is 15.1 Å². The second kappa shape index (κ2) is 5.30. The Hall–Kier alpha value is -2.40. The van der Waals surface area contributed by atoms with Crippen LogP contribution in [-0.2, 0) is 7.05 Å². The number of rotatable bonds is 3. The van der Waals surface area contributed by atoms with E-state index in [1.54, 1.807) is 20.0 Å². The lowest BCUT2D eigenvalue weighted by molar-refractivity contribution is -0.385. The molecule has 0 unspecified atom stereocenters. The van der Waals surface area contributed by atoms with Crippen molar-refractivity contribution in [3.05, 3.63) is 44.0 Å². The first-order valence-corrected chi connectivity index (χ1v) is 6.29. The highest BCUT2D eigenvalue weighted by molar-refractivity contribution is 9.10. The minimum absolute atomic E-state index is 0.0389. The highest BCUT2D eigenvalue weighted by atomic mass is 79.9. The maximum atomic E-state index is 11.0. The molecule has 0 amide bonds. The Labute approximate surface area is 122 Å². The van der Waals surface area contributed by atoms with Crippen LogP contribution in [0.3, 0.4) is 0 Å². The highest BCUT2D eigenvalue weighted by Gasteiger charge is 2.23. The SMILES string of the molecule is Cc1nn(C)c(Oc2c(Br)cccc2[N+](=O)[O-])c1C#N. The van der Waals surface area contributed by atoms with Gasteiger partial charge in [0.15, 0.2) is 0 Å². The molecule has 0 radical (unpaired) electrons. The van der Waals surface area contributed by atoms with E-state index in [2.05, 4.69) is 21.0 Å². The Bertz CT molecular complexity index is 733. The summed E-state index contributed by atoms with van der Waals surface area (Å²) in [5, 5.41) is 24.2. The van der Waals surface area contributed by atoms with Crippen LogP contribution in [-0.4, -0.2) is 14.7 Å². The Kier molecular flexibility index (Phi) is 3.72. The molecule has 0 bridgehead atoms. The lowest BCUT2D eigenvalue weighted by atomic mass is 10.2. The average Bonchev–Trinajstić information content (AvgIpc) is 2.65. The van der Waals surface area contributed by atoms with Gasteiger partial charge in [0.25, 0.3) is 0 Å². The van der Waals surface area contributed by atoms with Crippen molar-refractivity contribution in [3.63, 3.8) is 0 Å². The van der Waals surface area contributed by atoms with Crippen LogP contribution in [0.1, 0.15) is 11.3 Å². The van der Waals surface area contributed by atoms with Crippen LogP contribution in [0.25, 0.3) is 0 Å². The largest absolute Gasteiger partial charge is 0.429 e. The van der Waals surface area contributed by atoms with Crippen molar-refractivity contribution in [1.29, 1.82) is 5.26 Å². The molecular weight excluding hydrogens is 328 g/mol. The first-order chi connectivity index (χ1) is 9.45. The van der Waals surface area contributed by atoms with Gasteiger partial charge in [0, 0.05) is 13.1 Å². The van der Waals surface area contributed by atoms with E-state index in [-0.39, 0.29) is 22.9 Å². The number of nitro groups is 1. The van der Waals surface area contributed by atoms with Gasteiger partial charge in [-0.2, -0.15) is 10.4 Å². The van der Waals surface area contributed by atoms with Crippen molar-refractivity contribution in [3.8, 4) is 17.7 Å². The molecule has 0 fully saturated rings. The van der Waals surface area contributed by atoms with Crippen molar-refractivity contribution in [2.24, 2.45) is 7.05 Å². The molecule has 7 nitrogen and oxygen atoms in total. The van der Waals surface area contributed by atoms with Gasteiger partial charge in [-0.05, 0) is 28.9 Å². The lowest BCUT2D eigenvalue weighted by Gasteiger charge is -2.08. The van der Waals surface area contributed by atoms with Crippen LogP contribution < -0.4 is 4.74 Å². The van der Waals surface area contributed by atoms with E-state index >= 15 is 0 Å². The van der Waals surface area contributed by atoms with Crippen LogP contribution in [0.15, 0.2) is 22.7 Å². The molecule has 2 rings (SSSR count). The third-order valence-electron chi connectivity index (χ3n) is 2.62. The average molecular weight is 337 g/mol. The Morgan fingerprint density at radius 1 is 1.55 bits per heavy atom. The first-order valence-electron chi connectivity index (χ1n) is 5.50. The Morgan fingerprint density at radius 2 is 2.25 bits per heavy atom. The molecule has 2 aromatic rings. The normalized spacial score (nSPS) is 10.1. The third-order valence-corrected chi connectivity index (χ3v) is 3.25. The van der Waals surface area contributed by atoms with Crippen molar-refractivity contribution < 1.29 is 9.66 Å². The van der Waals surface area contributed by atoms with Gasteiger partial charge in [-0.25, -0.2) is 4.68 Å². The first kappa shape index (κ1) is 14.0. The van der Waals surface area contributed by atoms with Gasteiger partial charge in [-0.3, -0.25) is 10.1 Å². The molecule has 0 aliphatic heterocycles. The van der Waals surface area contributed by atoms with Gasteiger partial charge in [0.1, 0.15) is 11.6 Å². The zero-order valence-electron chi connectivity index (χ0n) is 10.6. The summed E-state index contributed by atoms with van der Waals surface area (Å²) in [6.07, 6.45) is 0. The fourth-order valence-corrected chi connectivity index (χ4v) is 2.16. The zero-order valence-corrected chi connectivity index (χ0v) is 12.2. The van der Waals surface area contributed by atoms with Crippen LogP contribution in [0.5, 0.6) is 11.6 Å². The number of ether oxygens (including phenoxy) is 1. The van der Waals surface area contributed by atoms with Gasteiger partial charge in [0.2, 0.25) is 11.6 Å². The summed E-state index contributed by atoms with van der Waals surface area (Å²) < 4.78 is 7.36. The molecule has 0 aliphatic rings. The molecule has 0 aliphatic carbocycles. The molecule has 0 N–H and O–H groups in total. The van der Waals surface area contributed by atoms with Gasteiger partial charge >= 0.3 is 5.69 Å². The van der Waals surface area contributed by atoms with Crippen LogP contribution in [0.4, 0.5) is 5.69 Å². The topological polar surface area (TPSA) is 94.0 Å². The summed E-state index contributed by atoms with van der Waals surface area (Å²) in [4.78, 5) is 10.5. The monoisotopic (exact) mass is 336 g/mol. The lowest BCUT2D eigenvalue weighted by Crippen LogP contribution is -1.99. The van der Waals surface area contributed by atoms with E-state index in [0.29, 0.717) is 10.2 Å². The van der Waals surface area contributed by atoms with E-state index in [1.165, 1.54) is 16.8 Å². The maximum Gasteiger partial charge on any atom is 0.312 e. The molecular formula is C12H9BrN4O3. The summed E-state index contributed by atoms with van der Waals surface area (Å²) in [6, 6.07) is 6.47. The van der Waals surface area contributed by atoms with Crippen LogP contribution in [0.2, 0.25) is 0 Å². The molecule has 102 valence electrons. The third kappa shape index (κ3) is 2.35. The smallest absolute Gasteiger partial charge is 0.312 e. The van der Waals surface area contributed by atoms with Crippen LogP contribution in [0, 0.1) is 28.4 Å². The van der Waals surface area contributed by atoms with E-state index in [9.17, 15) is 10.1 Å². The molecule has 0 saturated carbocycles. The van der Waals surface area contributed by atoms with E-state index < -0.39 is 4.92 Å². The number of hydrogen-bond acceptors (Lipinski definition) is 5. The summed E-state index contributed by atoms with van der Waals surface area (Å²) in [5.41, 5.74) is 0.555. The molecule has 8 heteroatoms. The number of nitrogens with zero attached hydrogens (tertiary/aromatic N) is 4. The number of aryl methyl sites for hydroxylation is 2. The van der Waals surface area contributed by atoms with E-state index in [4.69, 9.17) is 10.00 Å². The standard InChI is InChI=1S/C12H9BrN4O3/c1-7-8(6-14)12(16(2)15-7)20-11-9(13)4-3-5-10(11)17(18)19/h3-5H,1-2H3. The summed E-state index contributed by atoms with van der Waals surface area (Å²) >= 11 is 3.21. The summed E-state index contributed by atoms with van der Waals surface area (Å²) in [5.74, 6) is 0.206. The van der Waals surface area contributed by atoms with E-state index in [1.807, 2.05) is 6.07 Å². The summed E-state index contributed by atoms with van der Waals surface area (Å²) in [7, 11) is 1.60. The molecule has 1 aromatic carbocycles. The fourth-order valence-electron chi connectivity index (χ4n) is 1.72. The fraction of sp³-hybridized carbons (Fsp3) is 0.167. The minimum atomic E-state index is -0.546. The maximum absolute atomic E-state index is 11.0. The number of nitriles is 1. The zero-order chi connectivity index (χ0) is 14.9. The summed E-state index contributed by atoms with van der Waals surface area (Å²) in [6.45, 7) is 1.67. The number of para-hydroxylation sites is 1. The highest BCUT2D eigenvalue weighted by Crippen LogP contribution is 2.39. The van der Waals surface area contributed by atoms with Crippen molar-refractivity contribution in [2.75, 3.05) is 0 Å². The molecule has 0 atom stereocenters. The Morgan fingerprint density at radius 3 is 2.85 bits per heavy atom. The molecule has 20 heavy (non-hydrogen) atoms. The number of nitro benzene ring substituents is 1. The number of halogens is 1. The molecule has 0 saturated heterocycles. The van der Waals surface area contributed by atoms with Gasteiger partial charge in [-0.1, -0.05) is 6.07 Å². The van der Waals surface area contributed by atoms with Crippen LogP contribution >= 0.6 is 15.9 Å². The second-order valence-corrected chi connectivity index (χ2v) is 4.80. The molecule has 1 heterocycles. The number of benzene rings is 1. The number of aromatic nitrogens is 2. The predicted molar refractivity (Wildman–Crippen MR) is 73.5 cm³/mol. The minimum Gasteiger partial charge on any atom is -0.429 e. The van der Waals surface area contributed by atoms with Gasteiger partial charge < -0.3 is 4.74 Å².